The van der Waals surface area contributed by atoms with Crippen LogP contribution in [0.3, 0.4) is 0 Å². The van der Waals surface area contributed by atoms with E-state index >= 15 is 0 Å². The van der Waals surface area contributed by atoms with Crippen LogP contribution in [-0.2, 0) is 26.2 Å². The van der Waals surface area contributed by atoms with Crippen molar-refractivity contribution in [3.63, 3.8) is 0 Å². The van der Waals surface area contributed by atoms with Gasteiger partial charge in [-0.05, 0) is 75.1 Å². The molecule has 0 bridgehead atoms. The van der Waals surface area contributed by atoms with Gasteiger partial charge in [0.15, 0.2) is 0 Å². The zero-order valence-electron chi connectivity index (χ0n) is 21.5. The molecule has 35 heavy (non-hydrogen) atoms. The average molecular weight is 504 g/mol. The molecule has 0 unspecified atom stereocenters. The van der Waals surface area contributed by atoms with Gasteiger partial charge in [-0.15, -0.1) is 0 Å². The first-order valence-corrected chi connectivity index (χ1v) is 13.6. The van der Waals surface area contributed by atoms with Crippen molar-refractivity contribution in [1.29, 1.82) is 0 Å². The zero-order valence-corrected chi connectivity index (χ0v) is 22.3. The minimum atomic E-state index is -3.53. The van der Waals surface area contributed by atoms with Crippen LogP contribution < -0.4 is 14.4 Å². The molecule has 2 aromatic carbocycles. The number of aryl methyl sites for hydroxylation is 2. The summed E-state index contributed by atoms with van der Waals surface area (Å²) in [6, 6.07) is 12.2. The molecule has 9 heteroatoms. The summed E-state index contributed by atoms with van der Waals surface area (Å²) in [6.07, 6.45) is 1.59. The highest BCUT2D eigenvalue weighted by atomic mass is 32.2. The fourth-order valence-electron chi connectivity index (χ4n) is 3.72. The summed E-state index contributed by atoms with van der Waals surface area (Å²) in [7, 11) is -1.94. The predicted molar refractivity (Wildman–Crippen MR) is 139 cm³/mol. The minimum Gasteiger partial charge on any atom is -0.497 e. The van der Waals surface area contributed by atoms with Crippen molar-refractivity contribution in [1.82, 2.24) is 10.2 Å². The van der Waals surface area contributed by atoms with Crippen molar-refractivity contribution in [3.05, 3.63) is 59.2 Å². The largest absolute Gasteiger partial charge is 0.497 e. The first-order chi connectivity index (χ1) is 16.5. The van der Waals surface area contributed by atoms with Gasteiger partial charge in [-0.1, -0.05) is 18.2 Å². The summed E-state index contributed by atoms with van der Waals surface area (Å²) in [5.41, 5.74) is 3.51. The first-order valence-electron chi connectivity index (χ1n) is 11.7. The van der Waals surface area contributed by atoms with Gasteiger partial charge >= 0.3 is 0 Å². The smallest absolute Gasteiger partial charge is 0.242 e. The van der Waals surface area contributed by atoms with Crippen LogP contribution in [-0.4, -0.2) is 57.6 Å². The van der Waals surface area contributed by atoms with Gasteiger partial charge in [0.1, 0.15) is 11.8 Å². The van der Waals surface area contributed by atoms with E-state index in [1.807, 2.05) is 57.2 Å². The summed E-state index contributed by atoms with van der Waals surface area (Å²) in [5, 5.41) is 2.77. The second-order valence-corrected chi connectivity index (χ2v) is 10.6. The third kappa shape index (κ3) is 7.99. The molecule has 2 amide bonds. The number of benzene rings is 2. The fraction of sp³-hybridized carbons (Fsp3) is 0.462. The molecule has 0 aliphatic rings. The molecule has 0 radical (unpaired) electrons. The number of nitrogens with one attached hydrogen (secondary N) is 1. The number of hydrogen-bond acceptors (Lipinski definition) is 5. The lowest BCUT2D eigenvalue weighted by molar-refractivity contribution is -0.140. The Bertz CT molecular complexity index is 1120. The number of amides is 2. The van der Waals surface area contributed by atoms with Crippen molar-refractivity contribution in [2.75, 3.05) is 30.8 Å². The van der Waals surface area contributed by atoms with E-state index < -0.39 is 16.1 Å². The molecule has 0 saturated heterocycles. The molecule has 1 atom stereocenters. The van der Waals surface area contributed by atoms with Gasteiger partial charge < -0.3 is 15.0 Å². The first kappa shape index (κ1) is 28.2. The van der Waals surface area contributed by atoms with Crippen LogP contribution in [0.15, 0.2) is 42.5 Å². The third-order valence-electron chi connectivity index (χ3n) is 5.96. The Morgan fingerprint density at radius 1 is 1.06 bits per heavy atom. The number of anilines is 1. The molecule has 0 fully saturated rings. The van der Waals surface area contributed by atoms with Gasteiger partial charge in [-0.2, -0.15) is 0 Å². The third-order valence-corrected chi connectivity index (χ3v) is 7.15. The molecule has 2 rings (SSSR count). The highest BCUT2D eigenvalue weighted by molar-refractivity contribution is 7.92. The number of nitrogens with zero attached hydrogens (tertiary/aromatic N) is 2. The van der Waals surface area contributed by atoms with Crippen LogP contribution in [0.5, 0.6) is 5.75 Å². The van der Waals surface area contributed by atoms with Gasteiger partial charge in [0.05, 0.1) is 19.1 Å². The van der Waals surface area contributed by atoms with Crippen LogP contribution >= 0.6 is 0 Å². The van der Waals surface area contributed by atoms with Crippen LogP contribution in [0.1, 0.15) is 43.4 Å². The Hall–Kier alpha value is -3.07. The van der Waals surface area contributed by atoms with E-state index in [0.717, 1.165) is 22.9 Å². The maximum atomic E-state index is 13.2. The predicted octanol–water partition coefficient (Wildman–Crippen LogP) is 3.41. The van der Waals surface area contributed by atoms with Gasteiger partial charge in [-0.25, -0.2) is 8.42 Å². The second-order valence-electron chi connectivity index (χ2n) is 8.65. The van der Waals surface area contributed by atoms with E-state index in [4.69, 9.17) is 4.74 Å². The van der Waals surface area contributed by atoms with Crippen molar-refractivity contribution < 1.29 is 22.7 Å². The van der Waals surface area contributed by atoms with Gasteiger partial charge in [0.25, 0.3) is 0 Å². The molecule has 8 nitrogen and oxygen atoms in total. The van der Waals surface area contributed by atoms with E-state index in [9.17, 15) is 18.0 Å². The number of likely N-dealkylation sites (N-methyl/N-ethyl adjacent to an activating group) is 1. The Balaban J connectivity index is 2.17. The Morgan fingerprint density at radius 2 is 1.71 bits per heavy atom. The van der Waals surface area contributed by atoms with Crippen molar-refractivity contribution in [2.24, 2.45) is 0 Å². The number of ether oxygens (including phenoxy) is 1. The molecule has 0 saturated carbocycles. The number of carbonyl (C=O) groups excluding carboxylic acids is 2. The highest BCUT2D eigenvalue weighted by Crippen LogP contribution is 2.22. The Morgan fingerprint density at radius 3 is 2.26 bits per heavy atom. The Kier molecular flexibility index (Phi) is 10.1. The van der Waals surface area contributed by atoms with Crippen molar-refractivity contribution in [3.8, 4) is 5.75 Å². The summed E-state index contributed by atoms with van der Waals surface area (Å²) >= 11 is 0. The lowest BCUT2D eigenvalue weighted by Gasteiger charge is -2.29. The molecule has 0 spiro atoms. The normalized spacial score (nSPS) is 12.1. The van der Waals surface area contributed by atoms with E-state index in [1.54, 1.807) is 20.1 Å². The quantitative estimate of drug-likeness (QED) is 0.479. The standard InChI is InChI=1S/C26H37N3O5S/c1-7-27-26(31)21(4)28(18-22-11-14-24(34-5)15-12-22)25(30)9-8-16-29(35(6,32)33)23-13-10-19(2)20(3)17-23/h10-15,17,21H,7-9,16,18H2,1-6H3,(H,27,31)/t21-/m0/s1. The van der Waals surface area contributed by atoms with Crippen molar-refractivity contribution in [2.45, 2.75) is 53.1 Å². The lowest BCUT2D eigenvalue weighted by atomic mass is 10.1. The highest BCUT2D eigenvalue weighted by Gasteiger charge is 2.26. The molecule has 192 valence electrons. The number of hydrogen-bond donors (Lipinski definition) is 1. The van der Waals surface area contributed by atoms with Gasteiger partial charge in [0, 0.05) is 26.1 Å². The van der Waals surface area contributed by atoms with E-state index in [1.165, 1.54) is 9.21 Å². The fourth-order valence-corrected chi connectivity index (χ4v) is 4.67. The van der Waals surface area contributed by atoms with E-state index in [0.29, 0.717) is 24.4 Å². The maximum Gasteiger partial charge on any atom is 0.242 e. The van der Waals surface area contributed by atoms with Gasteiger partial charge in [-0.3, -0.25) is 13.9 Å². The summed E-state index contributed by atoms with van der Waals surface area (Å²) < 4.78 is 31.5. The number of carbonyl (C=O) groups is 2. The monoisotopic (exact) mass is 503 g/mol. The van der Waals surface area contributed by atoms with Gasteiger partial charge in [0.2, 0.25) is 21.8 Å². The van der Waals surface area contributed by atoms with E-state index in [-0.39, 0.29) is 31.3 Å². The molecular formula is C26H37N3O5S. The molecule has 0 aliphatic heterocycles. The zero-order chi connectivity index (χ0) is 26.2. The summed E-state index contributed by atoms with van der Waals surface area (Å²) in [5.74, 6) is 0.256. The Labute approximate surface area is 209 Å². The van der Waals surface area contributed by atoms with Crippen molar-refractivity contribution >= 4 is 27.5 Å². The molecule has 0 heterocycles. The molecule has 0 aliphatic carbocycles. The molecule has 2 aromatic rings. The summed E-state index contributed by atoms with van der Waals surface area (Å²) in [4.78, 5) is 27.3. The number of rotatable bonds is 12. The lowest BCUT2D eigenvalue weighted by Crippen LogP contribution is -2.47. The SMILES string of the molecule is CCNC(=O)[C@H](C)N(Cc1ccc(OC)cc1)C(=O)CCCN(c1ccc(C)c(C)c1)S(C)(=O)=O. The molecule has 1 N–H and O–H groups in total. The molecule has 0 aromatic heterocycles. The van der Waals surface area contributed by atoms with E-state index in [2.05, 4.69) is 5.32 Å². The van der Waals surface area contributed by atoms with Crippen LogP contribution in [0.2, 0.25) is 0 Å². The topological polar surface area (TPSA) is 96.0 Å². The average Bonchev–Trinajstić information content (AvgIpc) is 2.81. The number of sulfonamides is 1. The molecular weight excluding hydrogens is 466 g/mol. The summed E-state index contributed by atoms with van der Waals surface area (Å²) in [6.45, 7) is 8.32. The second kappa shape index (κ2) is 12.6. The maximum absolute atomic E-state index is 13.2. The van der Waals surface area contributed by atoms with Crippen LogP contribution in [0.4, 0.5) is 5.69 Å². The minimum absolute atomic E-state index is 0.108. The number of methoxy groups -OCH3 is 1. The van der Waals surface area contributed by atoms with Crippen LogP contribution in [0, 0.1) is 13.8 Å². The van der Waals surface area contributed by atoms with Crippen LogP contribution in [0.25, 0.3) is 0 Å².